The van der Waals surface area contributed by atoms with Gasteiger partial charge in [0.2, 0.25) is 0 Å². The Morgan fingerprint density at radius 1 is 1.21 bits per heavy atom. The molecule has 0 saturated carbocycles. The maximum absolute atomic E-state index is 13.0. The molecule has 0 spiro atoms. The second kappa shape index (κ2) is 11.6. The quantitative estimate of drug-likeness (QED) is 0.139. The minimum atomic E-state index is -4.91. The van der Waals surface area contributed by atoms with Crippen LogP contribution in [0.2, 0.25) is 0 Å². The van der Waals surface area contributed by atoms with Crippen LogP contribution in [0.25, 0.3) is 22.1 Å². The third-order valence-electron chi connectivity index (χ3n) is 3.30. The van der Waals surface area contributed by atoms with Crippen LogP contribution in [-0.4, -0.2) is 32.1 Å². The topological polar surface area (TPSA) is 122 Å². The normalized spacial score (nSPS) is 11.0. The first kappa shape index (κ1) is 27.1. The van der Waals surface area contributed by atoms with Gasteiger partial charge in [0.05, 0.1) is 5.56 Å². The van der Waals surface area contributed by atoms with Crippen LogP contribution >= 0.6 is 0 Å². The predicted molar refractivity (Wildman–Crippen MR) is 96.0 cm³/mol. The minimum Gasteiger partial charge on any atom is -0.488 e. The Hall–Kier alpha value is 0.0327. The number of hydrogen-bond acceptors (Lipinski definition) is 7. The standard InChI is InChI=1S/C17H13N3O6S.2K/c1-20(2)19-18-12-8-9-14-13(10-12)16(21)15(11-6-4-3-5-7-11)17(25-14)26-27(22,23)24;;/h4-7,9-10H,1-2H3,(H,22,23,24);;/q-2;2*+1. The summed E-state index contributed by atoms with van der Waals surface area (Å²) in [4.78, 5) is 13.0. The number of fused-ring (bicyclic) bond motifs is 1. The zero-order chi connectivity index (χ0) is 19.6. The van der Waals surface area contributed by atoms with Crippen LogP contribution < -0.4 is 112 Å². The fraction of sp³-hybridized carbons (Fsp3) is 0.118. The van der Waals surface area contributed by atoms with Gasteiger partial charge in [0.1, 0.15) is 0 Å². The van der Waals surface area contributed by atoms with Gasteiger partial charge in [-0.3, -0.25) is 14.4 Å². The van der Waals surface area contributed by atoms with Gasteiger partial charge in [-0.05, 0) is 11.1 Å². The van der Waals surface area contributed by atoms with Crippen LogP contribution in [0.4, 0.5) is 5.69 Å². The summed E-state index contributed by atoms with van der Waals surface area (Å²) in [5.41, 5.74) is -0.132. The van der Waals surface area contributed by atoms with E-state index in [4.69, 9.17) is 8.97 Å². The molecule has 0 bridgehead atoms. The van der Waals surface area contributed by atoms with Crippen molar-refractivity contribution < 1.29 is 124 Å². The Labute approximate surface area is 252 Å². The molecule has 12 heteroatoms. The van der Waals surface area contributed by atoms with Gasteiger partial charge in [-0.15, -0.1) is 17.7 Å². The first-order chi connectivity index (χ1) is 12.7. The number of benzene rings is 2. The molecule has 0 fully saturated rings. The van der Waals surface area contributed by atoms with E-state index >= 15 is 0 Å². The van der Waals surface area contributed by atoms with E-state index in [2.05, 4.69) is 26.7 Å². The molecule has 3 aromatic rings. The molecule has 0 aliphatic carbocycles. The Morgan fingerprint density at radius 3 is 2.45 bits per heavy atom. The van der Waals surface area contributed by atoms with Crippen molar-refractivity contribution in [2.24, 2.45) is 10.3 Å². The van der Waals surface area contributed by atoms with Crippen molar-refractivity contribution in [2.75, 3.05) is 14.1 Å². The first-order valence-electron chi connectivity index (χ1n) is 7.49. The molecule has 9 nitrogen and oxygen atoms in total. The summed E-state index contributed by atoms with van der Waals surface area (Å²) in [6, 6.07) is 14.4. The third-order valence-corrected chi connectivity index (χ3v) is 3.66. The van der Waals surface area contributed by atoms with Gasteiger partial charge in [0, 0.05) is 19.7 Å². The Bertz CT molecular complexity index is 1180. The van der Waals surface area contributed by atoms with Gasteiger partial charge in [0.15, 0.2) is 5.43 Å². The van der Waals surface area contributed by atoms with Crippen molar-refractivity contribution in [3.8, 4) is 17.1 Å². The van der Waals surface area contributed by atoms with Gasteiger partial charge < -0.3 is 8.60 Å². The van der Waals surface area contributed by atoms with Crippen LogP contribution in [-0.2, 0) is 10.4 Å². The molecule has 0 amide bonds. The molecule has 0 atom stereocenters. The van der Waals surface area contributed by atoms with Gasteiger partial charge in [-0.2, -0.15) is 49.9 Å². The summed E-state index contributed by atoms with van der Waals surface area (Å²) in [5, 5.41) is 9.34. The Morgan fingerprint density at radius 2 is 1.86 bits per heavy atom. The van der Waals surface area contributed by atoms with E-state index in [0.717, 1.165) is 0 Å². The minimum absolute atomic E-state index is 0. The van der Waals surface area contributed by atoms with E-state index in [9.17, 15) is 13.2 Å². The van der Waals surface area contributed by atoms with Crippen LogP contribution in [0.15, 0.2) is 55.9 Å². The van der Waals surface area contributed by atoms with Crippen molar-refractivity contribution in [2.45, 2.75) is 0 Å². The second-order valence-corrected chi connectivity index (χ2v) is 6.55. The average molecular weight is 466 g/mol. The molecule has 0 unspecified atom stereocenters. The Balaban J connectivity index is 0.00000210. The summed E-state index contributed by atoms with van der Waals surface area (Å²) < 4.78 is 41.2. The molecule has 1 heterocycles. The van der Waals surface area contributed by atoms with Crippen molar-refractivity contribution in [3.05, 3.63) is 58.8 Å². The number of nitrogens with zero attached hydrogens (tertiary/aromatic N) is 3. The van der Waals surface area contributed by atoms with Crippen molar-refractivity contribution >= 4 is 27.1 Å². The molecular formula is C17H13K2N3O6S. The molecule has 2 aromatic carbocycles. The fourth-order valence-electron chi connectivity index (χ4n) is 2.26. The largest absolute Gasteiger partial charge is 1.00 e. The summed E-state index contributed by atoms with van der Waals surface area (Å²) in [6.07, 6.45) is 0. The van der Waals surface area contributed by atoms with Crippen molar-refractivity contribution in [1.82, 2.24) is 5.01 Å². The molecule has 0 aliphatic rings. The third kappa shape index (κ3) is 7.29. The van der Waals surface area contributed by atoms with E-state index in [-0.39, 0.29) is 125 Å². The van der Waals surface area contributed by atoms with Crippen LogP contribution in [0, 0.1) is 12.1 Å². The SMILES string of the molecule is CN(C)N=Nc1[c-]cc2oc(OS(=O)(=O)O)c(-c3cc[c-]cc3)c(=O)c2c1.[K+].[K+]. The van der Waals surface area contributed by atoms with Gasteiger partial charge in [-0.25, -0.2) is 0 Å². The molecule has 140 valence electrons. The maximum atomic E-state index is 13.0. The summed E-state index contributed by atoms with van der Waals surface area (Å²) in [5.74, 6) is -0.655. The van der Waals surface area contributed by atoms with E-state index < -0.39 is 21.8 Å². The zero-order valence-electron chi connectivity index (χ0n) is 16.2. The number of hydrogen-bond donors (Lipinski definition) is 1. The summed E-state index contributed by atoms with van der Waals surface area (Å²) in [6.45, 7) is 0. The number of rotatable bonds is 5. The zero-order valence-corrected chi connectivity index (χ0v) is 23.3. The average Bonchev–Trinajstić information content (AvgIpc) is 2.60. The second-order valence-electron chi connectivity index (χ2n) is 5.53. The summed E-state index contributed by atoms with van der Waals surface area (Å²) in [7, 11) is -1.54. The molecule has 0 aliphatic heterocycles. The van der Waals surface area contributed by atoms with Gasteiger partial charge in [-0.1, -0.05) is 5.22 Å². The van der Waals surface area contributed by atoms with Crippen molar-refractivity contribution in [1.29, 1.82) is 0 Å². The van der Waals surface area contributed by atoms with E-state index in [1.165, 1.54) is 41.4 Å². The van der Waals surface area contributed by atoms with Crippen molar-refractivity contribution in [3.63, 3.8) is 0 Å². The summed E-state index contributed by atoms with van der Waals surface area (Å²) >= 11 is 0. The monoisotopic (exact) mass is 465 g/mol. The predicted octanol–water partition coefficient (Wildman–Crippen LogP) is -3.19. The molecule has 0 saturated heterocycles. The van der Waals surface area contributed by atoms with E-state index in [1.54, 1.807) is 14.1 Å². The van der Waals surface area contributed by atoms with Crippen LogP contribution in [0.3, 0.4) is 0 Å². The molecule has 1 aromatic heterocycles. The van der Waals surface area contributed by atoms with Gasteiger partial charge >= 0.3 is 119 Å². The molecular weight excluding hydrogens is 452 g/mol. The first-order valence-corrected chi connectivity index (χ1v) is 8.86. The van der Waals surface area contributed by atoms with E-state index in [0.29, 0.717) is 5.56 Å². The van der Waals surface area contributed by atoms with E-state index in [1.807, 2.05) is 0 Å². The van der Waals surface area contributed by atoms with Gasteiger partial charge in [0.25, 0.3) is 0 Å². The smallest absolute Gasteiger partial charge is 0.488 e. The Kier molecular flexibility index (Phi) is 10.8. The molecule has 3 rings (SSSR count). The van der Waals surface area contributed by atoms with Crippen LogP contribution in [0.5, 0.6) is 5.95 Å². The maximum Gasteiger partial charge on any atom is 1.00 e. The molecule has 0 radical (unpaired) electrons. The molecule has 1 N–H and O–H groups in total. The molecule has 29 heavy (non-hydrogen) atoms. The van der Waals surface area contributed by atoms with Crippen LogP contribution in [0.1, 0.15) is 0 Å². The fourth-order valence-corrected chi connectivity index (χ4v) is 2.57.